The van der Waals surface area contributed by atoms with Crippen LogP contribution in [0.25, 0.3) is 0 Å². The van der Waals surface area contributed by atoms with Gasteiger partial charge < -0.3 is 14.2 Å². The van der Waals surface area contributed by atoms with Gasteiger partial charge in [0, 0.05) is 37.5 Å². The number of hydrogen-bond donors (Lipinski definition) is 0. The van der Waals surface area contributed by atoms with E-state index in [9.17, 15) is 9.59 Å². The van der Waals surface area contributed by atoms with Crippen LogP contribution in [-0.4, -0.2) is 42.2 Å². The Morgan fingerprint density at radius 2 is 2.00 bits per heavy atom. The van der Waals surface area contributed by atoms with Gasteiger partial charge in [0.15, 0.2) is 5.79 Å². The number of Topliss-reactive ketones (excluding diaryl/α,β-unsaturated/α-hetero) is 1. The van der Waals surface area contributed by atoms with Crippen LogP contribution in [0, 0.1) is 46.3 Å². The third-order valence-corrected chi connectivity index (χ3v) is 11.9. The summed E-state index contributed by atoms with van der Waals surface area (Å²) in [6, 6.07) is 0. The van der Waals surface area contributed by atoms with Gasteiger partial charge >= 0.3 is 5.97 Å². The smallest absolute Gasteiger partial charge is 0.302 e. The molecule has 0 radical (unpaired) electrons. The van der Waals surface area contributed by atoms with Gasteiger partial charge in [-0.1, -0.05) is 32.4 Å². The first-order chi connectivity index (χ1) is 16.6. The summed E-state index contributed by atoms with van der Waals surface area (Å²) in [6.45, 7) is 9.10. The molecule has 0 unspecified atom stereocenters. The number of fused-ring (bicyclic) bond motifs is 7. The van der Waals surface area contributed by atoms with E-state index in [1.807, 2.05) is 0 Å². The Hall–Kier alpha value is -0.910. The summed E-state index contributed by atoms with van der Waals surface area (Å²) in [5, 5.41) is 0. The molecular weight excluding hydrogens is 464 g/mol. The first-order valence-electron chi connectivity index (χ1n) is 13.9. The molecule has 6 heteroatoms. The highest BCUT2D eigenvalue weighted by Gasteiger charge is 2.70. The molecule has 2 heterocycles. The van der Waals surface area contributed by atoms with Crippen molar-refractivity contribution in [2.45, 2.75) is 97.1 Å². The quantitative estimate of drug-likeness (QED) is 0.275. The second-order valence-corrected chi connectivity index (χ2v) is 13.3. The fourth-order valence-corrected chi connectivity index (χ4v) is 10.0. The van der Waals surface area contributed by atoms with Crippen molar-refractivity contribution in [1.82, 2.24) is 0 Å². The Morgan fingerprint density at radius 1 is 1.20 bits per heavy atom. The molecule has 5 fully saturated rings. The van der Waals surface area contributed by atoms with E-state index in [0.29, 0.717) is 41.8 Å². The Labute approximate surface area is 214 Å². The van der Waals surface area contributed by atoms with Crippen molar-refractivity contribution in [3.63, 3.8) is 0 Å². The van der Waals surface area contributed by atoms with Crippen LogP contribution in [-0.2, 0) is 23.8 Å². The molecule has 2 saturated heterocycles. The third kappa shape index (κ3) is 3.32. The highest BCUT2D eigenvalue weighted by molar-refractivity contribution is 6.21. The van der Waals surface area contributed by atoms with Crippen molar-refractivity contribution < 1.29 is 23.8 Å². The third-order valence-electron chi connectivity index (χ3n) is 11.4. The average molecular weight is 505 g/mol. The van der Waals surface area contributed by atoms with E-state index in [2.05, 4.69) is 26.8 Å². The van der Waals surface area contributed by atoms with Crippen molar-refractivity contribution in [2.75, 3.05) is 12.5 Å². The number of rotatable bonds is 2. The van der Waals surface area contributed by atoms with Crippen molar-refractivity contribution in [1.29, 1.82) is 0 Å². The fourth-order valence-electron chi connectivity index (χ4n) is 9.54. The van der Waals surface area contributed by atoms with Crippen LogP contribution in [0.1, 0.15) is 79.1 Å². The number of carbonyl (C=O) groups excluding carboxylic acids is 2. The molecule has 4 aliphatic carbocycles. The molecule has 35 heavy (non-hydrogen) atoms. The minimum Gasteiger partial charge on any atom is -0.463 e. The number of carbonyl (C=O) groups is 2. The molecule has 0 aromatic heterocycles. The van der Waals surface area contributed by atoms with Gasteiger partial charge in [-0.2, -0.15) is 0 Å². The van der Waals surface area contributed by atoms with E-state index in [-0.39, 0.29) is 35.4 Å². The van der Waals surface area contributed by atoms with Crippen molar-refractivity contribution in [3.05, 3.63) is 11.6 Å². The number of esters is 1. The number of allylic oxidation sites excluding steroid dienone is 1. The lowest BCUT2D eigenvalue weighted by atomic mass is 9.45. The van der Waals surface area contributed by atoms with E-state index in [1.54, 1.807) is 0 Å². The molecule has 0 amide bonds. The minimum absolute atomic E-state index is 0.0250. The van der Waals surface area contributed by atoms with Crippen molar-refractivity contribution in [3.8, 4) is 0 Å². The van der Waals surface area contributed by atoms with Gasteiger partial charge in [-0.3, -0.25) is 9.59 Å². The lowest BCUT2D eigenvalue weighted by molar-refractivity contribution is -0.265. The molecule has 0 aromatic rings. The molecular formula is C29H41ClO5. The van der Waals surface area contributed by atoms with Crippen LogP contribution in [0.3, 0.4) is 0 Å². The summed E-state index contributed by atoms with van der Waals surface area (Å²) in [5.41, 5.74) is 0.778. The molecule has 6 aliphatic rings. The molecule has 194 valence electrons. The van der Waals surface area contributed by atoms with E-state index >= 15 is 0 Å². The van der Waals surface area contributed by atoms with Crippen molar-refractivity contribution >= 4 is 23.4 Å². The molecule has 2 aliphatic heterocycles. The lowest BCUT2D eigenvalue weighted by Gasteiger charge is -2.59. The maximum absolute atomic E-state index is 14.2. The molecule has 0 N–H and O–H groups in total. The van der Waals surface area contributed by atoms with Gasteiger partial charge in [-0.15, -0.1) is 11.6 Å². The SMILES string of the molecule is CC(=O)O[C@H]1CC[C@@]2(C)[C@@H](CC[C@H]3C4=C[C@@H]5O[C@]6(CC[C@@H](C)CO6)[C@@H](C)[C@@H]5[C@@]4(CCl)C(=O)C[C@@H]32)C1. The summed E-state index contributed by atoms with van der Waals surface area (Å²) in [6.07, 6.45) is 9.91. The normalized spacial score (nSPS) is 52.8. The zero-order chi connectivity index (χ0) is 24.8. The lowest BCUT2D eigenvalue weighted by Crippen LogP contribution is -2.57. The van der Waals surface area contributed by atoms with Crippen LogP contribution in [0.4, 0.5) is 0 Å². The summed E-state index contributed by atoms with van der Waals surface area (Å²) in [7, 11) is 0. The van der Waals surface area contributed by atoms with Crippen LogP contribution in [0.15, 0.2) is 11.6 Å². The second-order valence-electron chi connectivity index (χ2n) is 13.0. The topological polar surface area (TPSA) is 61.8 Å². The predicted molar refractivity (Wildman–Crippen MR) is 133 cm³/mol. The average Bonchev–Trinajstić information content (AvgIpc) is 3.28. The van der Waals surface area contributed by atoms with Gasteiger partial charge in [0.05, 0.1) is 18.1 Å². The Balaban J connectivity index is 1.31. The summed E-state index contributed by atoms with van der Waals surface area (Å²) < 4.78 is 18.7. The molecule has 11 atom stereocenters. The van der Waals surface area contributed by atoms with E-state index in [1.165, 1.54) is 12.5 Å². The Kier molecular flexibility index (Phi) is 5.79. The van der Waals surface area contributed by atoms with Gasteiger partial charge in [-0.25, -0.2) is 0 Å². The van der Waals surface area contributed by atoms with Gasteiger partial charge in [0.25, 0.3) is 0 Å². The van der Waals surface area contributed by atoms with E-state index in [4.69, 9.17) is 25.8 Å². The summed E-state index contributed by atoms with van der Waals surface area (Å²) in [5.74, 6) is 1.90. The molecule has 0 bridgehead atoms. The minimum atomic E-state index is -0.610. The summed E-state index contributed by atoms with van der Waals surface area (Å²) in [4.78, 5) is 25.8. The highest BCUT2D eigenvalue weighted by atomic mass is 35.5. The molecule has 6 rings (SSSR count). The molecule has 0 aromatic carbocycles. The highest BCUT2D eigenvalue weighted by Crippen LogP contribution is 2.68. The van der Waals surface area contributed by atoms with E-state index in [0.717, 1.165) is 51.6 Å². The fraction of sp³-hybridized carbons (Fsp3) is 0.862. The molecule has 5 nitrogen and oxygen atoms in total. The van der Waals surface area contributed by atoms with Crippen LogP contribution < -0.4 is 0 Å². The zero-order valence-electron chi connectivity index (χ0n) is 21.7. The van der Waals surface area contributed by atoms with Crippen LogP contribution in [0.5, 0.6) is 0 Å². The number of ether oxygens (including phenoxy) is 3. The van der Waals surface area contributed by atoms with Crippen LogP contribution in [0.2, 0.25) is 0 Å². The molecule has 1 spiro atoms. The molecule has 3 saturated carbocycles. The number of halogens is 1. The number of ketones is 1. The van der Waals surface area contributed by atoms with Gasteiger partial charge in [-0.05, 0) is 67.6 Å². The monoisotopic (exact) mass is 504 g/mol. The largest absolute Gasteiger partial charge is 0.463 e. The standard InChI is InChI=1S/C29H41ClO5/c1-16-7-10-29(33-14-16)17(2)26-24(35-29)12-23-21-6-5-19-11-20(34-18(3)31)8-9-27(19,4)22(21)13-25(32)28(23,26)15-30/h12,16-17,19-22,24,26H,5-11,13-15H2,1-4H3/t16-,17+,19+,20+,21-,22+,24+,26+,27+,28-,29-/m1/s1. The van der Waals surface area contributed by atoms with Gasteiger partial charge in [0.2, 0.25) is 0 Å². The number of hydrogen-bond acceptors (Lipinski definition) is 5. The van der Waals surface area contributed by atoms with E-state index < -0.39 is 11.2 Å². The zero-order valence-corrected chi connectivity index (χ0v) is 22.4. The van der Waals surface area contributed by atoms with Crippen LogP contribution >= 0.6 is 11.6 Å². The number of alkyl halides is 1. The Bertz CT molecular complexity index is 937. The second kappa shape index (κ2) is 8.30. The predicted octanol–water partition coefficient (Wildman–Crippen LogP) is 5.68. The maximum Gasteiger partial charge on any atom is 0.302 e. The Morgan fingerprint density at radius 3 is 2.69 bits per heavy atom. The first kappa shape index (κ1) is 24.4. The van der Waals surface area contributed by atoms with Crippen molar-refractivity contribution in [2.24, 2.45) is 46.3 Å². The summed E-state index contributed by atoms with van der Waals surface area (Å²) >= 11 is 6.81. The first-order valence-corrected chi connectivity index (χ1v) is 14.5. The maximum atomic E-state index is 14.2. The van der Waals surface area contributed by atoms with Gasteiger partial charge in [0.1, 0.15) is 11.9 Å².